The normalized spacial score (nSPS) is 19.3. The van der Waals surface area contributed by atoms with Gasteiger partial charge in [-0.2, -0.15) is 5.26 Å². The molecule has 17 heavy (non-hydrogen) atoms. The highest BCUT2D eigenvalue weighted by atomic mass is 15.2. The molecule has 2 heterocycles. The monoisotopic (exact) mass is 230 g/mol. The number of hydrogen-bond donors (Lipinski definition) is 0. The minimum Gasteiger partial charge on any atom is -0.284 e. The van der Waals surface area contributed by atoms with Crippen molar-refractivity contribution in [3.8, 4) is 6.07 Å². The fraction of sp³-hybridized carbons (Fsp3) is 0.615. The van der Waals surface area contributed by atoms with Crippen molar-refractivity contribution >= 4 is 0 Å². The van der Waals surface area contributed by atoms with E-state index in [4.69, 9.17) is 0 Å². The maximum absolute atomic E-state index is 9.35. The number of hydrogen-bond acceptors (Lipinski definition) is 4. The number of aromatic nitrogens is 2. The summed E-state index contributed by atoms with van der Waals surface area (Å²) in [6.45, 7) is 3.87. The molecule has 0 aromatic carbocycles. The van der Waals surface area contributed by atoms with Crippen molar-refractivity contribution in [3.63, 3.8) is 0 Å². The van der Waals surface area contributed by atoms with E-state index in [1.54, 1.807) is 12.4 Å². The number of aryl methyl sites for hydroxylation is 1. The smallest absolute Gasteiger partial charge is 0.126 e. The van der Waals surface area contributed by atoms with Gasteiger partial charge in [-0.05, 0) is 32.9 Å². The Hall–Kier alpha value is -1.47. The predicted molar refractivity (Wildman–Crippen MR) is 65.2 cm³/mol. The molecule has 1 unspecified atom stereocenters. The summed E-state index contributed by atoms with van der Waals surface area (Å²) >= 11 is 0. The molecule has 0 spiro atoms. The Kier molecular flexibility index (Phi) is 4.05. The number of nitrogens with zero attached hydrogens (tertiary/aromatic N) is 4. The van der Waals surface area contributed by atoms with Gasteiger partial charge in [0.25, 0.3) is 0 Å². The molecule has 1 aromatic rings. The van der Waals surface area contributed by atoms with Crippen molar-refractivity contribution in [2.24, 2.45) is 0 Å². The molecule has 0 aliphatic carbocycles. The summed E-state index contributed by atoms with van der Waals surface area (Å²) in [7, 11) is 0. The molecular formula is C13H18N4. The number of nitriles is 1. The molecule has 4 nitrogen and oxygen atoms in total. The van der Waals surface area contributed by atoms with Crippen molar-refractivity contribution < 1.29 is 0 Å². The van der Waals surface area contributed by atoms with Crippen LogP contribution in [0.3, 0.4) is 0 Å². The van der Waals surface area contributed by atoms with Gasteiger partial charge in [-0.15, -0.1) is 0 Å². The lowest BCUT2D eigenvalue weighted by atomic mass is 10.1. The van der Waals surface area contributed by atoms with Crippen LogP contribution in [0, 0.1) is 18.3 Å². The van der Waals surface area contributed by atoms with Gasteiger partial charge in [-0.3, -0.25) is 4.90 Å². The molecule has 90 valence electrons. The van der Waals surface area contributed by atoms with Crippen LogP contribution in [0.15, 0.2) is 12.4 Å². The van der Waals surface area contributed by atoms with Crippen molar-refractivity contribution in [1.82, 2.24) is 14.9 Å². The SMILES string of the molecule is Cc1ncc(C(C#N)N2CCCCCC2)cn1. The van der Waals surface area contributed by atoms with Crippen LogP contribution >= 0.6 is 0 Å². The first-order valence-electron chi connectivity index (χ1n) is 6.23. The van der Waals surface area contributed by atoms with Crippen LogP contribution in [0.25, 0.3) is 0 Å². The Morgan fingerprint density at radius 2 is 1.76 bits per heavy atom. The summed E-state index contributed by atoms with van der Waals surface area (Å²) < 4.78 is 0. The summed E-state index contributed by atoms with van der Waals surface area (Å²) in [5.74, 6) is 0.751. The third-order valence-electron chi connectivity index (χ3n) is 3.24. The molecule has 0 saturated carbocycles. The molecule has 1 aliphatic heterocycles. The second kappa shape index (κ2) is 5.74. The van der Waals surface area contributed by atoms with Crippen LogP contribution in [-0.2, 0) is 0 Å². The third-order valence-corrected chi connectivity index (χ3v) is 3.24. The minimum absolute atomic E-state index is 0.186. The van der Waals surface area contributed by atoms with Gasteiger partial charge >= 0.3 is 0 Å². The minimum atomic E-state index is -0.186. The molecule has 1 saturated heterocycles. The molecule has 1 aliphatic rings. The summed E-state index contributed by atoms with van der Waals surface area (Å²) in [5, 5.41) is 9.35. The lowest BCUT2D eigenvalue weighted by Crippen LogP contribution is -2.29. The van der Waals surface area contributed by atoms with E-state index in [1.165, 1.54) is 25.7 Å². The molecule has 1 aromatic heterocycles. The standard InChI is InChI=1S/C13H18N4/c1-11-15-9-12(10-16-11)13(8-14)17-6-4-2-3-5-7-17/h9-10,13H,2-7H2,1H3. The maximum Gasteiger partial charge on any atom is 0.126 e. The zero-order valence-corrected chi connectivity index (χ0v) is 10.3. The van der Waals surface area contributed by atoms with Gasteiger partial charge in [-0.25, -0.2) is 9.97 Å². The van der Waals surface area contributed by atoms with E-state index in [2.05, 4.69) is 20.9 Å². The Labute approximate surface area is 102 Å². The van der Waals surface area contributed by atoms with Crippen LogP contribution in [0.5, 0.6) is 0 Å². The number of rotatable bonds is 2. The highest BCUT2D eigenvalue weighted by molar-refractivity contribution is 5.18. The van der Waals surface area contributed by atoms with Gasteiger partial charge in [0.2, 0.25) is 0 Å². The van der Waals surface area contributed by atoms with E-state index in [-0.39, 0.29) is 6.04 Å². The molecule has 0 amide bonds. The molecule has 1 fully saturated rings. The van der Waals surface area contributed by atoms with Crippen LogP contribution < -0.4 is 0 Å². The first kappa shape index (κ1) is 12.0. The fourth-order valence-electron chi connectivity index (χ4n) is 2.26. The first-order chi connectivity index (χ1) is 8.31. The largest absolute Gasteiger partial charge is 0.284 e. The van der Waals surface area contributed by atoms with Gasteiger partial charge < -0.3 is 0 Å². The van der Waals surface area contributed by atoms with Crippen LogP contribution in [0.4, 0.5) is 0 Å². The zero-order chi connectivity index (χ0) is 12.1. The Morgan fingerprint density at radius 1 is 1.18 bits per heavy atom. The molecule has 1 atom stereocenters. The third kappa shape index (κ3) is 3.01. The number of likely N-dealkylation sites (tertiary alicyclic amines) is 1. The van der Waals surface area contributed by atoms with E-state index in [0.717, 1.165) is 24.5 Å². The quantitative estimate of drug-likeness (QED) is 0.781. The Balaban J connectivity index is 2.15. The van der Waals surface area contributed by atoms with E-state index in [1.807, 2.05) is 6.92 Å². The molecule has 0 N–H and O–H groups in total. The van der Waals surface area contributed by atoms with Crippen molar-refractivity contribution in [2.45, 2.75) is 38.6 Å². The van der Waals surface area contributed by atoms with Crippen LogP contribution in [0.1, 0.15) is 43.1 Å². The molecule has 0 bridgehead atoms. The fourth-order valence-corrected chi connectivity index (χ4v) is 2.26. The molecular weight excluding hydrogens is 212 g/mol. The highest BCUT2D eigenvalue weighted by Gasteiger charge is 2.21. The van der Waals surface area contributed by atoms with E-state index < -0.39 is 0 Å². The molecule has 2 rings (SSSR count). The summed E-state index contributed by atoms with van der Waals surface area (Å²) in [6.07, 6.45) is 8.48. The van der Waals surface area contributed by atoms with Crippen molar-refractivity contribution in [1.29, 1.82) is 5.26 Å². The lowest BCUT2D eigenvalue weighted by molar-refractivity contribution is 0.245. The van der Waals surface area contributed by atoms with Gasteiger partial charge in [-0.1, -0.05) is 12.8 Å². The zero-order valence-electron chi connectivity index (χ0n) is 10.3. The van der Waals surface area contributed by atoms with Gasteiger partial charge in [0, 0.05) is 18.0 Å². The average Bonchev–Trinajstić information content (AvgIpc) is 2.62. The maximum atomic E-state index is 9.35. The van der Waals surface area contributed by atoms with Gasteiger partial charge in [0.15, 0.2) is 0 Å². The Bertz CT molecular complexity index is 385. The van der Waals surface area contributed by atoms with Gasteiger partial charge in [0.1, 0.15) is 11.9 Å². The summed E-state index contributed by atoms with van der Waals surface area (Å²) in [4.78, 5) is 10.6. The molecule has 4 heteroatoms. The second-order valence-corrected chi connectivity index (χ2v) is 4.55. The summed E-state index contributed by atoms with van der Waals surface area (Å²) in [5.41, 5.74) is 0.917. The Morgan fingerprint density at radius 3 is 2.29 bits per heavy atom. The second-order valence-electron chi connectivity index (χ2n) is 4.55. The van der Waals surface area contributed by atoms with Crippen LogP contribution in [0.2, 0.25) is 0 Å². The average molecular weight is 230 g/mol. The van der Waals surface area contributed by atoms with E-state index >= 15 is 0 Å². The topological polar surface area (TPSA) is 52.8 Å². The lowest BCUT2D eigenvalue weighted by Gasteiger charge is -2.25. The van der Waals surface area contributed by atoms with Crippen molar-refractivity contribution in [2.75, 3.05) is 13.1 Å². The van der Waals surface area contributed by atoms with E-state index in [9.17, 15) is 5.26 Å². The highest BCUT2D eigenvalue weighted by Crippen LogP contribution is 2.22. The van der Waals surface area contributed by atoms with Crippen molar-refractivity contribution in [3.05, 3.63) is 23.8 Å². The molecule has 0 radical (unpaired) electrons. The first-order valence-corrected chi connectivity index (χ1v) is 6.23. The van der Waals surface area contributed by atoms with Crippen LogP contribution in [-0.4, -0.2) is 28.0 Å². The van der Waals surface area contributed by atoms with E-state index in [0.29, 0.717) is 0 Å². The summed E-state index contributed by atoms with van der Waals surface area (Å²) in [6, 6.07) is 2.19. The predicted octanol–water partition coefficient (Wildman–Crippen LogP) is 2.23. The van der Waals surface area contributed by atoms with Gasteiger partial charge in [0.05, 0.1) is 6.07 Å².